The number of benzene rings is 2. The van der Waals surface area contributed by atoms with Gasteiger partial charge in [0.15, 0.2) is 0 Å². The molecule has 0 aliphatic carbocycles. The van der Waals surface area contributed by atoms with Crippen molar-refractivity contribution in [2.45, 2.75) is 44.6 Å². The molecule has 1 unspecified atom stereocenters. The molecule has 33 heavy (non-hydrogen) atoms. The van der Waals surface area contributed by atoms with E-state index in [0.717, 1.165) is 53.6 Å². The average molecular weight is 470 g/mol. The molecule has 2 heterocycles. The molecule has 4 rings (SSSR count). The second-order valence-electron chi connectivity index (χ2n) is 9.62. The largest absolute Gasteiger partial charge is 0.489 e. The molecule has 0 radical (unpaired) electrons. The molecule has 0 bridgehead atoms. The summed E-state index contributed by atoms with van der Waals surface area (Å²) in [5, 5.41) is 0. The molecular weight excluding hydrogens is 437 g/mol. The summed E-state index contributed by atoms with van der Waals surface area (Å²) in [6.45, 7) is 7.93. The van der Waals surface area contributed by atoms with E-state index in [2.05, 4.69) is 23.1 Å². The highest BCUT2D eigenvalue weighted by molar-refractivity contribution is 7.99. The van der Waals surface area contributed by atoms with Crippen LogP contribution in [0, 0.1) is 5.41 Å². The Kier molecular flexibility index (Phi) is 7.45. The van der Waals surface area contributed by atoms with E-state index in [1.54, 1.807) is 11.8 Å². The number of ether oxygens (including phenoxy) is 2. The van der Waals surface area contributed by atoms with Crippen LogP contribution in [0.2, 0.25) is 0 Å². The Bertz CT molecular complexity index is 1010. The predicted octanol–water partition coefficient (Wildman–Crippen LogP) is 5.99. The zero-order valence-corrected chi connectivity index (χ0v) is 20.4. The fourth-order valence-corrected chi connectivity index (χ4v) is 5.01. The van der Waals surface area contributed by atoms with Crippen LogP contribution in [0.1, 0.15) is 44.7 Å². The number of carbonyl (C=O) groups excluding carboxylic acids is 1. The fourth-order valence-electron chi connectivity index (χ4n) is 4.05. The molecule has 2 aromatic carbocycles. The van der Waals surface area contributed by atoms with Gasteiger partial charge in [-0.2, -0.15) is 0 Å². The van der Waals surface area contributed by atoms with Crippen LogP contribution in [-0.4, -0.2) is 49.0 Å². The van der Waals surface area contributed by atoms with E-state index < -0.39 is 5.41 Å². The summed E-state index contributed by atoms with van der Waals surface area (Å²) < 4.78 is 24.2. The van der Waals surface area contributed by atoms with E-state index in [0.29, 0.717) is 12.2 Å². The number of alkyl halides is 1. The van der Waals surface area contributed by atoms with Crippen molar-refractivity contribution in [2.75, 3.05) is 32.1 Å². The van der Waals surface area contributed by atoms with E-state index in [-0.39, 0.29) is 18.7 Å². The number of esters is 1. The number of halogens is 1. The summed E-state index contributed by atoms with van der Waals surface area (Å²) >= 11 is 1.75. The Morgan fingerprint density at radius 2 is 1.91 bits per heavy atom. The lowest BCUT2D eigenvalue weighted by atomic mass is 9.96. The molecular formula is C27H32FNO3S. The molecule has 0 saturated carbocycles. The molecule has 0 aromatic heterocycles. The average Bonchev–Trinajstić information content (AvgIpc) is 3.24. The lowest BCUT2D eigenvalue weighted by Gasteiger charge is -2.21. The van der Waals surface area contributed by atoms with E-state index >= 15 is 0 Å². The summed E-state index contributed by atoms with van der Waals surface area (Å²) in [5.74, 6) is 2.09. The van der Waals surface area contributed by atoms with Crippen LogP contribution in [0.15, 0.2) is 53.4 Å². The number of likely N-dealkylation sites (tertiary alicyclic amines) is 1. The van der Waals surface area contributed by atoms with Crippen LogP contribution < -0.4 is 9.47 Å². The first-order chi connectivity index (χ1) is 15.8. The highest BCUT2D eigenvalue weighted by atomic mass is 32.2. The molecule has 1 saturated heterocycles. The van der Waals surface area contributed by atoms with E-state index in [1.165, 1.54) is 5.57 Å². The van der Waals surface area contributed by atoms with Crippen molar-refractivity contribution < 1.29 is 18.7 Å². The monoisotopic (exact) mass is 469 g/mol. The summed E-state index contributed by atoms with van der Waals surface area (Å²) in [7, 11) is 0. The summed E-state index contributed by atoms with van der Waals surface area (Å²) in [6, 6.07) is 14.1. The van der Waals surface area contributed by atoms with E-state index in [1.807, 2.05) is 51.1 Å². The van der Waals surface area contributed by atoms with Gasteiger partial charge in [0.2, 0.25) is 0 Å². The van der Waals surface area contributed by atoms with Crippen molar-refractivity contribution in [1.29, 1.82) is 0 Å². The lowest BCUT2D eigenvalue weighted by Crippen LogP contribution is -2.26. The quantitative estimate of drug-likeness (QED) is 0.368. The van der Waals surface area contributed by atoms with Gasteiger partial charge in [-0.05, 0) is 80.6 Å². The first kappa shape index (κ1) is 23.8. The number of thioether (sulfide) groups is 1. The smallest absolute Gasteiger partial charge is 0.316 e. The number of hydrogen-bond acceptors (Lipinski definition) is 5. The lowest BCUT2D eigenvalue weighted by molar-refractivity contribution is -0.143. The van der Waals surface area contributed by atoms with Crippen LogP contribution in [0.5, 0.6) is 11.5 Å². The Morgan fingerprint density at radius 1 is 1.15 bits per heavy atom. The number of fused-ring (bicyclic) bond motifs is 1. The second-order valence-corrected chi connectivity index (χ2v) is 10.7. The highest BCUT2D eigenvalue weighted by Crippen LogP contribution is 2.39. The maximum Gasteiger partial charge on any atom is 0.316 e. The van der Waals surface area contributed by atoms with Crippen molar-refractivity contribution in [3.63, 3.8) is 0 Å². The maximum atomic E-state index is 12.4. The molecule has 176 valence electrons. The second kappa shape index (κ2) is 10.3. The van der Waals surface area contributed by atoms with Crippen LogP contribution in [0.25, 0.3) is 5.57 Å². The van der Waals surface area contributed by atoms with Gasteiger partial charge < -0.3 is 9.47 Å². The van der Waals surface area contributed by atoms with E-state index in [4.69, 9.17) is 9.47 Å². The van der Waals surface area contributed by atoms with Crippen LogP contribution in [0.3, 0.4) is 0 Å². The number of carbonyl (C=O) groups is 1. The first-order valence-electron chi connectivity index (χ1n) is 11.6. The summed E-state index contributed by atoms with van der Waals surface area (Å²) in [5.41, 5.74) is 2.93. The molecule has 1 atom stereocenters. The van der Waals surface area contributed by atoms with Crippen molar-refractivity contribution >= 4 is 23.3 Å². The van der Waals surface area contributed by atoms with Gasteiger partial charge in [-0.15, -0.1) is 11.8 Å². The SMILES string of the molecule is CC(C)(C)C(=O)Oc1ccc2c(c1)SCC=C2c1ccc(OC2CCN(CCCF)C2)cc1. The van der Waals surface area contributed by atoms with Crippen LogP contribution in [-0.2, 0) is 4.79 Å². The number of nitrogens with zero attached hydrogens (tertiary/aromatic N) is 1. The third kappa shape index (κ3) is 5.98. The van der Waals surface area contributed by atoms with Crippen molar-refractivity contribution in [3.8, 4) is 11.5 Å². The zero-order valence-electron chi connectivity index (χ0n) is 19.6. The van der Waals surface area contributed by atoms with Gasteiger partial charge >= 0.3 is 5.97 Å². The molecule has 1 fully saturated rings. The van der Waals surface area contributed by atoms with Gasteiger partial charge in [0.25, 0.3) is 0 Å². The first-order valence-corrected chi connectivity index (χ1v) is 12.6. The molecule has 4 nitrogen and oxygen atoms in total. The minimum absolute atomic E-state index is 0.163. The Hall–Kier alpha value is -2.31. The zero-order chi connectivity index (χ0) is 23.4. The third-order valence-electron chi connectivity index (χ3n) is 5.90. The summed E-state index contributed by atoms with van der Waals surface area (Å²) in [6.07, 6.45) is 3.97. The standard InChI is InChI=1S/C27H32FNO3S/c1-27(2,3)26(30)32-21-9-10-24-23(12-16-33-25(24)17-21)19-5-7-20(8-6-19)31-22-11-15-29(18-22)14-4-13-28/h5-10,12,17,22H,4,11,13-16,18H2,1-3H3. The Balaban J connectivity index is 1.42. The van der Waals surface area contributed by atoms with Crippen LogP contribution in [0.4, 0.5) is 4.39 Å². The van der Waals surface area contributed by atoms with Crippen molar-refractivity contribution in [3.05, 3.63) is 59.7 Å². The maximum absolute atomic E-state index is 12.4. The minimum atomic E-state index is -0.539. The normalized spacial score (nSPS) is 18.5. The fraction of sp³-hybridized carbons (Fsp3) is 0.444. The molecule has 2 aliphatic heterocycles. The van der Waals surface area contributed by atoms with Gasteiger partial charge in [-0.25, -0.2) is 0 Å². The predicted molar refractivity (Wildman–Crippen MR) is 132 cm³/mol. The van der Waals surface area contributed by atoms with Gasteiger partial charge in [-0.1, -0.05) is 18.2 Å². The Morgan fingerprint density at radius 3 is 2.64 bits per heavy atom. The highest BCUT2D eigenvalue weighted by Gasteiger charge is 2.25. The topological polar surface area (TPSA) is 38.8 Å². The molecule has 2 aliphatic rings. The van der Waals surface area contributed by atoms with Crippen molar-refractivity contribution in [2.24, 2.45) is 5.41 Å². The Labute approximate surface area is 200 Å². The van der Waals surface area contributed by atoms with Crippen molar-refractivity contribution in [1.82, 2.24) is 4.90 Å². The van der Waals surface area contributed by atoms with Gasteiger partial charge in [0.1, 0.15) is 17.6 Å². The molecule has 6 heteroatoms. The van der Waals surface area contributed by atoms with Gasteiger partial charge in [-0.3, -0.25) is 14.1 Å². The van der Waals surface area contributed by atoms with Gasteiger partial charge in [0, 0.05) is 30.3 Å². The molecule has 2 aromatic rings. The van der Waals surface area contributed by atoms with Gasteiger partial charge in [0.05, 0.1) is 12.1 Å². The molecule has 0 N–H and O–H groups in total. The molecule has 0 spiro atoms. The van der Waals surface area contributed by atoms with Crippen LogP contribution >= 0.6 is 11.8 Å². The minimum Gasteiger partial charge on any atom is -0.489 e. The number of hydrogen-bond donors (Lipinski definition) is 0. The third-order valence-corrected chi connectivity index (χ3v) is 6.88. The summed E-state index contributed by atoms with van der Waals surface area (Å²) in [4.78, 5) is 15.6. The molecule has 0 amide bonds. The number of rotatable bonds is 7. The van der Waals surface area contributed by atoms with E-state index in [9.17, 15) is 9.18 Å².